The molecule has 1 saturated heterocycles. The van der Waals surface area contributed by atoms with Gasteiger partial charge in [-0.1, -0.05) is 31.2 Å². The Kier molecular flexibility index (Phi) is 7.85. The topological polar surface area (TPSA) is 59.1 Å². The van der Waals surface area contributed by atoms with Gasteiger partial charge in [0.15, 0.2) is 0 Å². The number of amides is 2. The number of benzene rings is 2. The van der Waals surface area contributed by atoms with E-state index in [0.29, 0.717) is 62.9 Å². The predicted molar refractivity (Wildman–Crippen MR) is 116 cm³/mol. The molecule has 2 aromatic rings. The van der Waals surface area contributed by atoms with Gasteiger partial charge < -0.3 is 19.3 Å². The van der Waals surface area contributed by atoms with Crippen molar-refractivity contribution in [3.63, 3.8) is 0 Å². The van der Waals surface area contributed by atoms with Crippen LogP contribution in [0.3, 0.4) is 0 Å². The van der Waals surface area contributed by atoms with E-state index in [2.05, 4.69) is 6.92 Å². The number of nitrogens with zero attached hydrogens (tertiary/aromatic N) is 2. The second kappa shape index (κ2) is 10.8. The van der Waals surface area contributed by atoms with Gasteiger partial charge in [-0.2, -0.15) is 0 Å². The molecule has 0 bridgehead atoms. The van der Waals surface area contributed by atoms with Gasteiger partial charge in [0.05, 0.1) is 12.2 Å². The Morgan fingerprint density at radius 1 is 0.833 bits per heavy atom. The number of piperazine rings is 1. The molecule has 2 amide bonds. The molecule has 3 rings (SSSR count). The van der Waals surface area contributed by atoms with E-state index >= 15 is 0 Å². The lowest BCUT2D eigenvalue weighted by atomic mass is 10.1. The molecule has 1 fully saturated rings. The summed E-state index contributed by atoms with van der Waals surface area (Å²) in [6.45, 7) is 7.60. The molecule has 30 heavy (non-hydrogen) atoms. The van der Waals surface area contributed by atoms with Crippen LogP contribution in [0, 0.1) is 0 Å². The number of para-hydroxylation sites is 1. The summed E-state index contributed by atoms with van der Waals surface area (Å²) >= 11 is 0. The van der Waals surface area contributed by atoms with Crippen molar-refractivity contribution < 1.29 is 19.1 Å². The smallest absolute Gasteiger partial charge is 0.257 e. The van der Waals surface area contributed by atoms with E-state index in [9.17, 15) is 9.59 Å². The van der Waals surface area contributed by atoms with Crippen LogP contribution in [-0.2, 0) is 11.2 Å². The van der Waals surface area contributed by atoms with Crippen LogP contribution in [0.5, 0.6) is 5.75 Å². The summed E-state index contributed by atoms with van der Waals surface area (Å²) in [7, 11) is 0. The third kappa shape index (κ3) is 5.39. The standard InChI is InChI=1S/C24H30N2O4/c1-3-19-9-11-20(12-10-19)23(27)25-13-15-26(16-14-25)24(28)21-7-5-6-8-22(21)30-18-17-29-4-2/h5-12H,3-4,13-18H2,1-2H3. The van der Waals surface area contributed by atoms with Crippen molar-refractivity contribution in [1.82, 2.24) is 9.80 Å². The molecule has 160 valence electrons. The molecule has 0 N–H and O–H groups in total. The monoisotopic (exact) mass is 410 g/mol. The average molecular weight is 411 g/mol. The molecule has 1 aliphatic rings. The average Bonchev–Trinajstić information content (AvgIpc) is 2.81. The molecule has 6 heteroatoms. The van der Waals surface area contributed by atoms with Crippen LogP contribution in [0.1, 0.15) is 40.1 Å². The van der Waals surface area contributed by atoms with E-state index in [4.69, 9.17) is 9.47 Å². The van der Waals surface area contributed by atoms with Crippen LogP contribution in [0.25, 0.3) is 0 Å². The highest BCUT2D eigenvalue weighted by molar-refractivity contribution is 5.97. The van der Waals surface area contributed by atoms with E-state index in [1.165, 1.54) is 5.56 Å². The maximum atomic E-state index is 13.0. The van der Waals surface area contributed by atoms with Gasteiger partial charge in [0.1, 0.15) is 12.4 Å². The highest BCUT2D eigenvalue weighted by Crippen LogP contribution is 2.21. The van der Waals surface area contributed by atoms with Crippen molar-refractivity contribution in [2.45, 2.75) is 20.3 Å². The summed E-state index contributed by atoms with van der Waals surface area (Å²) in [5.74, 6) is 0.516. The Morgan fingerprint density at radius 3 is 2.10 bits per heavy atom. The first-order valence-electron chi connectivity index (χ1n) is 10.6. The molecule has 0 radical (unpaired) electrons. The summed E-state index contributed by atoms with van der Waals surface area (Å²) in [5.41, 5.74) is 2.45. The Morgan fingerprint density at radius 2 is 1.47 bits per heavy atom. The van der Waals surface area contributed by atoms with Crippen molar-refractivity contribution in [2.24, 2.45) is 0 Å². The van der Waals surface area contributed by atoms with Crippen molar-refractivity contribution in [3.05, 3.63) is 65.2 Å². The van der Waals surface area contributed by atoms with Crippen molar-refractivity contribution >= 4 is 11.8 Å². The predicted octanol–water partition coefficient (Wildman–Crippen LogP) is 3.26. The second-order valence-corrected chi connectivity index (χ2v) is 7.18. The zero-order valence-corrected chi connectivity index (χ0v) is 17.8. The van der Waals surface area contributed by atoms with Gasteiger partial charge in [-0.15, -0.1) is 0 Å². The largest absolute Gasteiger partial charge is 0.490 e. The van der Waals surface area contributed by atoms with Gasteiger partial charge in [-0.3, -0.25) is 9.59 Å². The Hall–Kier alpha value is -2.86. The summed E-state index contributed by atoms with van der Waals surface area (Å²) in [6.07, 6.45) is 0.950. The van der Waals surface area contributed by atoms with Crippen LogP contribution < -0.4 is 4.74 Å². The fourth-order valence-electron chi connectivity index (χ4n) is 3.47. The van der Waals surface area contributed by atoms with Gasteiger partial charge in [0, 0.05) is 38.3 Å². The zero-order valence-electron chi connectivity index (χ0n) is 17.8. The lowest BCUT2D eigenvalue weighted by molar-refractivity contribution is 0.0531. The highest BCUT2D eigenvalue weighted by Gasteiger charge is 2.26. The highest BCUT2D eigenvalue weighted by atomic mass is 16.5. The lowest BCUT2D eigenvalue weighted by Crippen LogP contribution is -2.50. The minimum atomic E-state index is -0.0681. The van der Waals surface area contributed by atoms with Gasteiger partial charge in [0.2, 0.25) is 0 Å². The summed E-state index contributed by atoms with van der Waals surface area (Å²) in [5, 5.41) is 0. The molecular formula is C24H30N2O4. The molecule has 2 aromatic carbocycles. The summed E-state index contributed by atoms with van der Waals surface area (Å²) in [6, 6.07) is 15.0. The Bertz CT molecular complexity index is 843. The van der Waals surface area contributed by atoms with E-state index in [1.54, 1.807) is 17.0 Å². The first-order chi connectivity index (χ1) is 14.6. The van der Waals surface area contributed by atoms with Crippen molar-refractivity contribution in [2.75, 3.05) is 46.0 Å². The molecule has 0 saturated carbocycles. The third-order valence-corrected chi connectivity index (χ3v) is 5.27. The summed E-state index contributed by atoms with van der Waals surface area (Å²) in [4.78, 5) is 29.4. The fourth-order valence-corrected chi connectivity index (χ4v) is 3.47. The minimum Gasteiger partial charge on any atom is -0.490 e. The Labute approximate surface area is 178 Å². The molecule has 1 heterocycles. The van der Waals surface area contributed by atoms with Crippen molar-refractivity contribution in [1.29, 1.82) is 0 Å². The number of aryl methyl sites for hydroxylation is 1. The van der Waals surface area contributed by atoms with Gasteiger partial charge >= 0.3 is 0 Å². The minimum absolute atomic E-state index is 0.0180. The normalized spacial score (nSPS) is 13.9. The quantitative estimate of drug-likeness (QED) is 0.627. The maximum absolute atomic E-state index is 13.0. The van der Waals surface area contributed by atoms with E-state index in [0.717, 1.165) is 6.42 Å². The van der Waals surface area contributed by atoms with Crippen LogP contribution in [0.15, 0.2) is 48.5 Å². The van der Waals surface area contributed by atoms with Crippen molar-refractivity contribution in [3.8, 4) is 5.75 Å². The fraction of sp³-hybridized carbons (Fsp3) is 0.417. The summed E-state index contributed by atoms with van der Waals surface area (Å²) < 4.78 is 11.0. The van der Waals surface area contributed by atoms with E-state index in [1.807, 2.05) is 48.2 Å². The number of ether oxygens (including phenoxy) is 2. The SMILES string of the molecule is CCOCCOc1ccccc1C(=O)N1CCN(C(=O)c2ccc(CC)cc2)CC1. The number of carbonyl (C=O) groups is 2. The number of carbonyl (C=O) groups excluding carboxylic acids is 2. The molecule has 0 spiro atoms. The first kappa shape index (κ1) is 21.8. The van der Waals surface area contributed by atoms with Gasteiger partial charge in [0.25, 0.3) is 11.8 Å². The molecule has 1 aliphatic heterocycles. The molecule has 0 unspecified atom stereocenters. The van der Waals surface area contributed by atoms with Gasteiger partial charge in [-0.05, 0) is 43.2 Å². The van der Waals surface area contributed by atoms with Crippen LogP contribution in [-0.4, -0.2) is 67.6 Å². The maximum Gasteiger partial charge on any atom is 0.257 e. The first-order valence-corrected chi connectivity index (χ1v) is 10.6. The van der Waals surface area contributed by atoms with Crippen LogP contribution in [0.2, 0.25) is 0 Å². The third-order valence-electron chi connectivity index (χ3n) is 5.27. The number of rotatable bonds is 8. The van der Waals surface area contributed by atoms with E-state index < -0.39 is 0 Å². The van der Waals surface area contributed by atoms with Gasteiger partial charge in [-0.25, -0.2) is 0 Å². The lowest BCUT2D eigenvalue weighted by Gasteiger charge is -2.35. The van der Waals surface area contributed by atoms with E-state index in [-0.39, 0.29) is 11.8 Å². The number of hydrogen-bond acceptors (Lipinski definition) is 4. The zero-order chi connectivity index (χ0) is 21.3. The van der Waals surface area contributed by atoms with Crippen LogP contribution >= 0.6 is 0 Å². The number of hydrogen-bond donors (Lipinski definition) is 0. The molecular weight excluding hydrogens is 380 g/mol. The second-order valence-electron chi connectivity index (χ2n) is 7.18. The molecule has 6 nitrogen and oxygen atoms in total. The molecule has 0 aliphatic carbocycles. The van der Waals surface area contributed by atoms with Crippen LogP contribution in [0.4, 0.5) is 0 Å². The molecule has 0 aromatic heterocycles. The Balaban J connectivity index is 1.58. The molecule has 0 atom stereocenters.